The number of aromatic amines is 1. The molecule has 0 saturated carbocycles. The molecule has 0 spiro atoms. The molecule has 2 aromatic rings. The number of aliphatic carboxylic acids is 1. The van der Waals surface area contributed by atoms with Crippen LogP contribution in [-0.4, -0.2) is 16.1 Å². The number of carbonyl (C=O) groups is 1. The summed E-state index contributed by atoms with van der Waals surface area (Å²) in [6.07, 6.45) is 2.82. The minimum Gasteiger partial charge on any atom is -0.481 e. The zero-order valence-electron chi connectivity index (χ0n) is 12.2. The number of allylic oxidation sites excluding steroid dienone is 2. The van der Waals surface area contributed by atoms with Crippen molar-refractivity contribution >= 4 is 22.4 Å². The molecule has 1 heterocycles. The van der Waals surface area contributed by atoms with Gasteiger partial charge < -0.3 is 10.1 Å². The molecular formula is C17H21NO2. The van der Waals surface area contributed by atoms with Crippen LogP contribution in [0.4, 0.5) is 0 Å². The molecule has 20 heavy (non-hydrogen) atoms. The SMILES string of the molecule is Cc1[nH]c2ccccc2c1/C(=C/CCC(=O)O)C(C)C. The minimum atomic E-state index is -0.750. The summed E-state index contributed by atoms with van der Waals surface area (Å²) in [5.74, 6) is -0.387. The maximum atomic E-state index is 10.7. The van der Waals surface area contributed by atoms with Crippen molar-refractivity contribution in [3.8, 4) is 0 Å². The molecule has 1 aromatic heterocycles. The zero-order valence-corrected chi connectivity index (χ0v) is 12.2. The number of hydrogen-bond donors (Lipinski definition) is 2. The molecule has 0 aliphatic rings. The van der Waals surface area contributed by atoms with Gasteiger partial charge in [0.15, 0.2) is 0 Å². The zero-order chi connectivity index (χ0) is 14.7. The second-order valence-electron chi connectivity index (χ2n) is 5.42. The van der Waals surface area contributed by atoms with Crippen LogP contribution in [0.5, 0.6) is 0 Å². The van der Waals surface area contributed by atoms with Crippen LogP contribution in [0.2, 0.25) is 0 Å². The van der Waals surface area contributed by atoms with E-state index in [4.69, 9.17) is 5.11 Å². The van der Waals surface area contributed by atoms with Crippen molar-refractivity contribution < 1.29 is 9.90 Å². The summed E-state index contributed by atoms with van der Waals surface area (Å²) in [7, 11) is 0. The van der Waals surface area contributed by atoms with E-state index in [9.17, 15) is 4.79 Å². The van der Waals surface area contributed by atoms with Gasteiger partial charge in [0, 0.05) is 28.6 Å². The molecule has 2 rings (SSSR count). The molecule has 0 bridgehead atoms. The molecule has 0 atom stereocenters. The van der Waals surface area contributed by atoms with Gasteiger partial charge in [-0.05, 0) is 30.9 Å². The van der Waals surface area contributed by atoms with Crippen LogP contribution in [0.15, 0.2) is 30.3 Å². The van der Waals surface area contributed by atoms with E-state index in [1.807, 2.05) is 12.1 Å². The highest BCUT2D eigenvalue weighted by molar-refractivity contribution is 5.94. The lowest BCUT2D eigenvalue weighted by Crippen LogP contribution is -1.97. The van der Waals surface area contributed by atoms with Gasteiger partial charge in [0.05, 0.1) is 0 Å². The summed E-state index contributed by atoms with van der Waals surface area (Å²) in [5.41, 5.74) is 4.72. The fraction of sp³-hybridized carbons (Fsp3) is 0.353. The van der Waals surface area contributed by atoms with Gasteiger partial charge >= 0.3 is 5.97 Å². The number of fused-ring (bicyclic) bond motifs is 1. The van der Waals surface area contributed by atoms with Gasteiger partial charge in [0.2, 0.25) is 0 Å². The molecule has 106 valence electrons. The van der Waals surface area contributed by atoms with Crippen molar-refractivity contribution in [2.75, 3.05) is 0 Å². The van der Waals surface area contributed by atoms with Crippen LogP contribution in [0, 0.1) is 12.8 Å². The Bertz CT molecular complexity index is 650. The number of para-hydroxylation sites is 1. The Hall–Kier alpha value is -2.03. The van der Waals surface area contributed by atoms with Crippen LogP contribution >= 0.6 is 0 Å². The maximum absolute atomic E-state index is 10.7. The van der Waals surface area contributed by atoms with E-state index in [0.717, 1.165) is 11.2 Å². The molecular weight excluding hydrogens is 250 g/mol. The van der Waals surface area contributed by atoms with Crippen molar-refractivity contribution in [1.82, 2.24) is 4.98 Å². The quantitative estimate of drug-likeness (QED) is 0.847. The summed E-state index contributed by atoms with van der Waals surface area (Å²) in [4.78, 5) is 14.1. The normalized spacial score (nSPS) is 12.3. The van der Waals surface area contributed by atoms with Gasteiger partial charge in [0.25, 0.3) is 0 Å². The first-order valence-corrected chi connectivity index (χ1v) is 7.00. The third-order valence-corrected chi connectivity index (χ3v) is 3.53. The van der Waals surface area contributed by atoms with Crippen LogP contribution in [0.1, 0.15) is 37.9 Å². The fourth-order valence-electron chi connectivity index (χ4n) is 2.63. The monoisotopic (exact) mass is 271 g/mol. The van der Waals surface area contributed by atoms with Gasteiger partial charge in [-0.3, -0.25) is 4.79 Å². The predicted octanol–water partition coefficient (Wildman–Crippen LogP) is 4.38. The smallest absolute Gasteiger partial charge is 0.303 e. The van der Waals surface area contributed by atoms with E-state index in [1.165, 1.54) is 16.5 Å². The standard InChI is InChI=1S/C17H21NO2/c1-11(2)13(8-6-10-16(19)20)17-12(3)18-15-9-5-4-7-14(15)17/h4-5,7-9,11,18H,6,10H2,1-3H3,(H,19,20)/b13-8+. The third-order valence-electron chi connectivity index (χ3n) is 3.53. The summed E-state index contributed by atoms with van der Waals surface area (Å²) < 4.78 is 0. The number of hydrogen-bond acceptors (Lipinski definition) is 1. The second-order valence-corrected chi connectivity index (χ2v) is 5.42. The van der Waals surface area contributed by atoms with E-state index in [0.29, 0.717) is 12.3 Å². The van der Waals surface area contributed by atoms with Crippen molar-refractivity contribution in [1.29, 1.82) is 0 Å². The number of carboxylic acids is 1. The average molecular weight is 271 g/mol. The highest BCUT2D eigenvalue weighted by Crippen LogP contribution is 2.33. The molecule has 0 unspecified atom stereocenters. The predicted molar refractivity (Wildman–Crippen MR) is 82.7 cm³/mol. The van der Waals surface area contributed by atoms with Gasteiger partial charge in [0.1, 0.15) is 0 Å². The first-order chi connectivity index (χ1) is 9.50. The van der Waals surface area contributed by atoms with Gasteiger partial charge in [-0.25, -0.2) is 0 Å². The lowest BCUT2D eigenvalue weighted by atomic mass is 9.92. The maximum Gasteiger partial charge on any atom is 0.303 e. The lowest BCUT2D eigenvalue weighted by Gasteiger charge is -2.12. The molecule has 0 amide bonds. The van der Waals surface area contributed by atoms with Gasteiger partial charge in [-0.2, -0.15) is 0 Å². The van der Waals surface area contributed by atoms with E-state index >= 15 is 0 Å². The largest absolute Gasteiger partial charge is 0.481 e. The minimum absolute atomic E-state index is 0.178. The van der Waals surface area contributed by atoms with E-state index in [1.54, 1.807) is 0 Å². The number of carboxylic acid groups (broad SMARTS) is 1. The van der Waals surface area contributed by atoms with Gasteiger partial charge in [-0.1, -0.05) is 38.1 Å². The topological polar surface area (TPSA) is 53.1 Å². The number of rotatable bonds is 5. The molecule has 3 nitrogen and oxygen atoms in total. The average Bonchev–Trinajstić information content (AvgIpc) is 2.70. The van der Waals surface area contributed by atoms with Gasteiger partial charge in [-0.15, -0.1) is 0 Å². The summed E-state index contributed by atoms with van der Waals surface area (Å²) >= 11 is 0. The molecule has 0 radical (unpaired) electrons. The molecule has 3 heteroatoms. The number of benzene rings is 1. The van der Waals surface area contributed by atoms with E-state index < -0.39 is 5.97 Å². The van der Waals surface area contributed by atoms with Crippen LogP contribution in [0.25, 0.3) is 16.5 Å². The number of H-pyrrole nitrogens is 1. The summed E-state index contributed by atoms with van der Waals surface area (Å²) in [6.45, 7) is 6.37. The van der Waals surface area contributed by atoms with Crippen LogP contribution in [0.3, 0.4) is 0 Å². The fourth-order valence-corrected chi connectivity index (χ4v) is 2.63. The molecule has 0 saturated heterocycles. The number of aromatic nitrogens is 1. The first-order valence-electron chi connectivity index (χ1n) is 7.00. The highest BCUT2D eigenvalue weighted by Gasteiger charge is 2.15. The number of nitrogens with one attached hydrogen (secondary N) is 1. The summed E-state index contributed by atoms with van der Waals surface area (Å²) in [5, 5.41) is 10.00. The molecule has 1 aromatic carbocycles. The van der Waals surface area contributed by atoms with E-state index in [2.05, 4.69) is 44.0 Å². The highest BCUT2D eigenvalue weighted by atomic mass is 16.4. The van der Waals surface area contributed by atoms with Crippen LogP contribution in [-0.2, 0) is 4.79 Å². The Balaban J connectivity index is 2.46. The molecule has 2 N–H and O–H groups in total. The van der Waals surface area contributed by atoms with E-state index in [-0.39, 0.29) is 6.42 Å². The Morgan fingerprint density at radius 1 is 1.35 bits per heavy atom. The first kappa shape index (κ1) is 14.4. The number of aryl methyl sites for hydroxylation is 1. The van der Waals surface area contributed by atoms with Crippen LogP contribution < -0.4 is 0 Å². The van der Waals surface area contributed by atoms with Crippen molar-refractivity contribution in [2.45, 2.75) is 33.6 Å². The summed E-state index contributed by atoms with van der Waals surface area (Å²) in [6, 6.07) is 8.24. The van der Waals surface area contributed by atoms with Crippen molar-refractivity contribution in [3.05, 3.63) is 41.6 Å². The Labute approximate surface area is 119 Å². The van der Waals surface area contributed by atoms with Crippen molar-refractivity contribution in [2.24, 2.45) is 5.92 Å². The molecule has 0 fully saturated rings. The Morgan fingerprint density at radius 2 is 2.05 bits per heavy atom. The Kier molecular flexibility index (Phi) is 4.28. The lowest BCUT2D eigenvalue weighted by molar-refractivity contribution is -0.136. The molecule has 0 aliphatic heterocycles. The Morgan fingerprint density at radius 3 is 2.70 bits per heavy atom. The second kappa shape index (κ2) is 5.95. The third kappa shape index (κ3) is 2.93. The van der Waals surface area contributed by atoms with Crippen molar-refractivity contribution in [3.63, 3.8) is 0 Å². The molecule has 0 aliphatic carbocycles.